The van der Waals surface area contributed by atoms with Gasteiger partial charge in [-0.15, -0.1) is 0 Å². The number of aromatic nitrogens is 2. The molecule has 0 radical (unpaired) electrons. The summed E-state index contributed by atoms with van der Waals surface area (Å²) in [6.45, 7) is 2.31. The maximum atomic E-state index is 11.2. The summed E-state index contributed by atoms with van der Waals surface area (Å²) in [7, 11) is 1.67. The first-order valence-electron chi connectivity index (χ1n) is 5.63. The lowest BCUT2D eigenvalue weighted by Crippen LogP contribution is -2.00. The van der Waals surface area contributed by atoms with Crippen LogP contribution in [0.3, 0.4) is 0 Å². The molecule has 1 aromatic heterocycles. The number of nitrogens with zero attached hydrogens (tertiary/aromatic N) is 2. The third kappa shape index (κ3) is 2.07. The molecular weight excluding hydrogens is 232 g/mol. The van der Waals surface area contributed by atoms with Gasteiger partial charge in [-0.05, 0) is 12.5 Å². The highest BCUT2D eigenvalue weighted by atomic mass is 16.5. The third-order valence-electron chi connectivity index (χ3n) is 2.54. The van der Waals surface area contributed by atoms with Crippen LogP contribution in [0.4, 0.5) is 0 Å². The van der Waals surface area contributed by atoms with Gasteiger partial charge in [0.25, 0.3) is 0 Å². The minimum Gasteiger partial charge on any atom is -0.478 e. The van der Waals surface area contributed by atoms with Crippen molar-refractivity contribution in [3.8, 4) is 17.0 Å². The van der Waals surface area contributed by atoms with Gasteiger partial charge in [-0.1, -0.05) is 30.3 Å². The Balaban J connectivity index is 2.65. The molecule has 0 aliphatic rings. The first-order chi connectivity index (χ1) is 8.65. The quantitative estimate of drug-likeness (QED) is 0.898. The summed E-state index contributed by atoms with van der Waals surface area (Å²) >= 11 is 0. The number of aromatic carboxylic acids is 1. The molecule has 0 saturated carbocycles. The Hall–Kier alpha value is -2.30. The summed E-state index contributed by atoms with van der Waals surface area (Å²) in [5.41, 5.74) is 1.31. The van der Waals surface area contributed by atoms with Crippen molar-refractivity contribution < 1.29 is 14.6 Å². The highest BCUT2D eigenvalue weighted by Gasteiger charge is 2.23. The predicted molar refractivity (Wildman–Crippen MR) is 66.8 cm³/mol. The summed E-state index contributed by atoms with van der Waals surface area (Å²) in [6.07, 6.45) is 0. The molecule has 0 atom stereocenters. The van der Waals surface area contributed by atoms with Crippen molar-refractivity contribution in [2.75, 3.05) is 6.61 Å². The van der Waals surface area contributed by atoms with Crippen LogP contribution in [0.1, 0.15) is 17.4 Å². The number of carboxylic acids is 1. The van der Waals surface area contributed by atoms with E-state index in [1.807, 2.05) is 37.3 Å². The molecule has 1 N–H and O–H groups in total. The van der Waals surface area contributed by atoms with Crippen molar-refractivity contribution in [3.63, 3.8) is 0 Å². The number of ether oxygens (including phenoxy) is 1. The smallest absolute Gasteiger partial charge is 0.357 e. The molecule has 0 amide bonds. The molecule has 5 heteroatoms. The van der Waals surface area contributed by atoms with Crippen molar-refractivity contribution in [2.24, 2.45) is 7.05 Å². The summed E-state index contributed by atoms with van der Waals surface area (Å²) in [6, 6.07) is 9.26. The van der Waals surface area contributed by atoms with Crippen molar-refractivity contribution in [3.05, 3.63) is 36.0 Å². The number of rotatable bonds is 4. The molecule has 0 saturated heterocycles. The Morgan fingerprint density at radius 3 is 2.61 bits per heavy atom. The fourth-order valence-electron chi connectivity index (χ4n) is 1.83. The van der Waals surface area contributed by atoms with Crippen LogP contribution in [0.5, 0.6) is 5.88 Å². The Kier molecular flexibility index (Phi) is 3.32. The van der Waals surface area contributed by atoms with E-state index in [4.69, 9.17) is 4.74 Å². The summed E-state index contributed by atoms with van der Waals surface area (Å²) < 4.78 is 6.94. The van der Waals surface area contributed by atoms with Gasteiger partial charge in [-0.25, -0.2) is 9.48 Å². The van der Waals surface area contributed by atoms with Crippen molar-refractivity contribution >= 4 is 5.97 Å². The minimum atomic E-state index is -1.06. The lowest BCUT2D eigenvalue weighted by Gasteiger charge is -2.06. The molecule has 0 unspecified atom stereocenters. The molecule has 5 nitrogen and oxygen atoms in total. The zero-order valence-corrected chi connectivity index (χ0v) is 10.3. The van der Waals surface area contributed by atoms with Crippen LogP contribution in [0, 0.1) is 0 Å². The van der Waals surface area contributed by atoms with Crippen LogP contribution in [-0.2, 0) is 7.05 Å². The van der Waals surface area contributed by atoms with E-state index >= 15 is 0 Å². The summed E-state index contributed by atoms with van der Waals surface area (Å²) in [5.74, 6) is -0.587. The van der Waals surface area contributed by atoms with Crippen LogP contribution >= 0.6 is 0 Å². The van der Waals surface area contributed by atoms with Crippen LogP contribution in [0.15, 0.2) is 30.3 Å². The van der Waals surface area contributed by atoms with E-state index in [0.717, 1.165) is 5.56 Å². The average molecular weight is 246 g/mol. The van der Waals surface area contributed by atoms with Crippen LogP contribution < -0.4 is 4.74 Å². The maximum absolute atomic E-state index is 11.2. The molecule has 0 fully saturated rings. The Labute approximate surface area is 105 Å². The normalized spacial score (nSPS) is 10.3. The topological polar surface area (TPSA) is 64.3 Å². The van der Waals surface area contributed by atoms with E-state index in [1.165, 1.54) is 4.68 Å². The maximum Gasteiger partial charge on any atom is 0.357 e. The fourth-order valence-corrected chi connectivity index (χ4v) is 1.83. The number of carbonyl (C=O) groups is 1. The first-order valence-corrected chi connectivity index (χ1v) is 5.63. The van der Waals surface area contributed by atoms with Gasteiger partial charge in [-0.2, -0.15) is 5.10 Å². The van der Waals surface area contributed by atoms with E-state index in [0.29, 0.717) is 18.1 Å². The second kappa shape index (κ2) is 4.91. The standard InChI is InChI=1S/C13H14N2O3/c1-3-18-12-10(9-7-5-4-6-8-9)11(13(16)17)14-15(12)2/h4-8H,3H2,1-2H3,(H,16,17). The van der Waals surface area contributed by atoms with Gasteiger partial charge in [0.05, 0.1) is 12.2 Å². The van der Waals surface area contributed by atoms with Gasteiger partial charge >= 0.3 is 5.97 Å². The van der Waals surface area contributed by atoms with Gasteiger partial charge in [0.15, 0.2) is 5.69 Å². The number of benzene rings is 1. The lowest BCUT2D eigenvalue weighted by molar-refractivity contribution is 0.0690. The molecule has 1 heterocycles. The zero-order valence-electron chi connectivity index (χ0n) is 10.3. The molecule has 0 aliphatic heterocycles. The molecule has 2 rings (SSSR count). The Bertz CT molecular complexity index is 561. The fraction of sp³-hybridized carbons (Fsp3) is 0.231. The van der Waals surface area contributed by atoms with Gasteiger partial charge in [0.2, 0.25) is 5.88 Å². The molecule has 0 spiro atoms. The average Bonchev–Trinajstić information content (AvgIpc) is 2.69. The molecule has 2 aromatic rings. The summed E-state index contributed by atoms with van der Waals surface area (Å²) in [5, 5.41) is 13.2. The third-order valence-corrected chi connectivity index (χ3v) is 2.54. The number of carboxylic acid groups (broad SMARTS) is 1. The van der Waals surface area contributed by atoms with Crippen molar-refractivity contribution in [1.29, 1.82) is 0 Å². The number of aryl methyl sites for hydroxylation is 1. The number of hydrogen-bond donors (Lipinski definition) is 1. The van der Waals surface area contributed by atoms with E-state index in [9.17, 15) is 9.90 Å². The van der Waals surface area contributed by atoms with Gasteiger partial charge < -0.3 is 9.84 Å². The van der Waals surface area contributed by atoms with Gasteiger partial charge in [0.1, 0.15) is 0 Å². The molecule has 94 valence electrons. The Morgan fingerprint density at radius 2 is 2.06 bits per heavy atom. The van der Waals surface area contributed by atoms with Crippen LogP contribution in [0.2, 0.25) is 0 Å². The lowest BCUT2D eigenvalue weighted by atomic mass is 10.1. The Morgan fingerprint density at radius 1 is 1.39 bits per heavy atom. The highest BCUT2D eigenvalue weighted by Crippen LogP contribution is 2.33. The molecule has 18 heavy (non-hydrogen) atoms. The zero-order chi connectivity index (χ0) is 13.1. The molecule has 1 aromatic carbocycles. The second-order valence-electron chi connectivity index (χ2n) is 3.76. The summed E-state index contributed by atoms with van der Waals surface area (Å²) in [4.78, 5) is 11.2. The predicted octanol–water partition coefficient (Wildman–Crippen LogP) is 2.18. The highest BCUT2D eigenvalue weighted by molar-refractivity contribution is 5.95. The first kappa shape index (κ1) is 12.2. The number of hydrogen-bond acceptors (Lipinski definition) is 3. The second-order valence-corrected chi connectivity index (χ2v) is 3.76. The monoisotopic (exact) mass is 246 g/mol. The molecule has 0 bridgehead atoms. The van der Waals surface area contributed by atoms with Crippen molar-refractivity contribution in [1.82, 2.24) is 9.78 Å². The molecular formula is C13H14N2O3. The van der Waals surface area contributed by atoms with E-state index < -0.39 is 5.97 Å². The minimum absolute atomic E-state index is 0.00662. The van der Waals surface area contributed by atoms with Gasteiger partial charge in [0, 0.05) is 7.05 Å². The van der Waals surface area contributed by atoms with E-state index in [2.05, 4.69) is 5.10 Å². The van der Waals surface area contributed by atoms with Crippen molar-refractivity contribution in [2.45, 2.75) is 6.92 Å². The van der Waals surface area contributed by atoms with Gasteiger partial charge in [-0.3, -0.25) is 0 Å². The SMILES string of the molecule is CCOc1c(-c2ccccc2)c(C(=O)O)nn1C. The van der Waals surface area contributed by atoms with Crippen LogP contribution in [0.25, 0.3) is 11.1 Å². The van der Waals surface area contributed by atoms with E-state index in [1.54, 1.807) is 7.05 Å². The van der Waals surface area contributed by atoms with E-state index in [-0.39, 0.29) is 5.69 Å². The molecule has 0 aliphatic carbocycles. The largest absolute Gasteiger partial charge is 0.478 e. The van der Waals surface area contributed by atoms with Crippen LogP contribution in [-0.4, -0.2) is 27.5 Å².